The minimum atomic E-state index is -0.661. The van der Waals surface area contributed by atoms with Crippen molar-refractivity contribution in [3.63, 3.8) is 0 Å². The first-order chi connectivity index (χ1) is 13.6. The molecule has 0 radical (unpaired) electrons. The second kappa shape index (κ2) is 7.51. The van der Waals surface area contributed by atoms with Crippen LogP contribution in [0.3, 0.4) is 0 Å². The van der Waals surface area contributed by atoms with Gasteiger partial charge in [0.25, 0.3) is 0 Å². The lowest BCUT2D eigenvalue weighted by Crippen LogP contribution is -2.60. The van der Waals surface area contributed by atoms with Crippen molar-refractivity contribution in [2.24, 2.45) is 40.4 Å². The summed E-state index contributed by atoms with van der Waals surface area (Å²) < 4.78 is 6.12. The zero-order valence-corrected chi connectivity index (χ0v) is 19.1. The van der Waals surface area contributed by atoms with Gasteiger partial charge < -0.3 is 9.84 Å². The van der Waals surface area contributed by atoms with E-state index in [4.69, 9.17) is 16.3 Å². The Hall–Kier alpha value is -0.610. The molecule has 0 heterocycles. The molecule has 0 aromatic heterocycles. The first kappa shape index (κ1) is 21.6. The van der Waals surface area contributed by atoms with Crippen LogP contribution in [0.1, 0.15) is 79.1 Å². The maximum absolute atomic E-state index is 12.6. The normalized spacial score (nSPS) is 50.1. The van der Waals surface area contributed by atoms with Gasteiger partial charge in [0.05, 0.1) is 6.10 Å². The molecule has 4 fully saturated rings. The summed E-state index contributed by atoms with van der Waals surface area (Å²) in [5.41, 5.74) is -0.0108. The summed E-state index contributed by atoms with van der Waals surface area (Å²) in [4.78, 5) is 25.0. The molecule has 0 bridgehead atoms. The van der Waals surface area contributed by atoms with E-state index < -0.39 is 5.38 Å². The van der Waals surface area contributed by atoms with Crippen LogP contribution in [0.25, 0.3) is 0 Å². The summed E-state index contributed by atoms with van der Waals surface area (Å²) in [5, 5.41) is 9.63. The molecule has 0 saturated heterocycles. The summed E-state index contributed by atoms with van der Waals surface area (Å²) in [7, 11) is 0. The van der Waals surface area contributed by atoms with Crippen LogP contribution in [-0.4, -0.2) is 34.4 Å². The third-order valence-corrected chi connectivity index (χ3v) is 9.81. The molecule has 0 amide bonds. The van der Waals surface area contributed by atoms with E-state index in [0.29, 0.717) is 23.7 Å². The standard InChI is InChI=1S/C24H37ClO4/c1-13(25)22(28)29-20-12-24(4)18(14(2)26)7-8-19(24)17-6-5-15-11-16(27)9-10-23(15,3)21(17)20/h13,15-21,27H,5-12H2,1-4H3/t13?,15-,16+,17-,18+,19-,20-,21+,23-,24+/m0/s1. The van der Waals surface area contributed by atoms with Crippen LogP contribution in [0, 0.1) is 40.4 Å². The number of aliphatic hydroxyl groups excluding tert-OH is 1. The van der Waals surface area contributed by atoms with Gasteiger partial charge in [-0.15, -0.1) is 11.6 Å². The zero-order valence-electron chi connectivity index (χ0n) is 18.3. The van der Waals surface area contributed by atoms with Gasteiger partial charge in [-0.05, 0) is 93.8 Å². The first-order valence-corrected chi connectivity index (χ1v) is 12.0. The third-order valence-electron chi connectivity index (χ3n) is 9.63. The van der Waals surface area contributed by atoms with Gasteiger partial charge in [0, 0.05) is 11.8 Å². The number of ether oxygens (including phenoxy) is 1. The molecule has 0 aromatic rings. The second-order valence-electron chi connectivity index (χ2n) is 11.0. The maximum Gasteiger partial charge on any atom is 0.324 e. The SMILES string of the molecule is CC(=O)[C@H]1CC[C@H]2[C@@H]3CC[C@H]4C[C@H](O)CC[C@]4(C)[C@H]3[C@@H](OC(=O)C(C)Cl)C[C@]12C. The number of hydrogen-bond donors (Lipinski definition) is 1. The largest absolute Gasteiger partial charge is 0.461 e. The predicted molar refractivity (Wildman–Crippen MR) is 112 cm³/mol. The molecule has 10 atom stereocenters. The average Bonchev–Trinajstić information content (AvgIpc) is 2.98. The van der Waals surface area contributed by atoms with Gasteiger partial charge in [-0.25, -0.2) is 0 Å². The number of fused-ring (bicyclic) bond motifs is 5. The number of alkyl halides is 1. The number of carbonyl (C=O) groups is 2. The van der Waals surface area contributed by atoms with Gasteiger partial charge in [-0.2, -0.15) is 0 Å². The highest BCUT2D eigenvalue weighted by atomic mass is 35.5. The Labute approximate surface area is 180 Å². The van der Waals surface area contributed by atoms with E-state index in [1.165, 1.54) is 0 Å². The van der Waals surface area contributed by atoms with Crippen LogP contribution in [0.5, 0.6) is 0 Å². The number of Topliss-reactive ketones (excluding diaryl/α,β-unsaturated/α-hetero) is 1. The smallest absolute Gasteiger partial charge is 0.324 e. The van der Waals surface area contributed by atoms with Crippen molar-refractivity contribution < 1.29 is 19.4 Å². The molecule has 1 unspecified atom stereocenters. The van der Waals surface area contributed by atoms with Gasteiger partial charge in [0.15, 0.2) is 0 Å². The predicted octanol–water partition coefficient (Wildman–Crippen LogP) is 4.74. The number of hydrogen-bond acceptors (Lipinski definition) is 4. The Bertz CT molecular complexity index is 678. The highest BCUT2D eigenvalue weighted by molar-refractivity contribution is 6.29. The Balaban J connectivity index is 1.72. The van der Waals surface area contributed by atoms with Crippen molar-refractivity contribution in [1.29, 1.82) is 0 Å². The van der Waals surface area contributed by atoms with Crippen molar-refractivity contribution >= 4 is 23.4 Å². The molecule has 164 valence electrons. The van der Waals surface area contributed by atoms with Gasteiger partial charge in [0.1, 0.15) is 17.3 Å². The molecule has 0 aromatic carbocycles. The summed E-state index contributed by atoms with van der Waals surface area (Å²) in [5.74, 6) is 1.81. The van der Waals surface area contributed by atoms with Gasteiger partial charge in [-0.1, -0.05) is 13.8 Å². The molecule has 4 saturated carbocycles. The Morgan fingerprint density at radius 3 is 2.48 bits per heavy atom. The number of aliphatic hydroxyl groups is 1. The van der Waals surface area contributed by atoms with Crippen molar-refractivity contribution in [1.82, 2.24) is 0 Å². The molecule has 4 rings (SSSR count). The van der Waals surface area contributed by atoms with Crippen LogP contribution >= 0.6 is 11.6 Å². The van der Waals surface area contributed by atoms with Gasteiger partial charge >= 0.3 is 5.97 Å². The minimum Gasteiger partial charge on any atom is -0.461 e. The Morgan fingerprint density at radius 2 is 1.83 bits per heavy atom. The summed E-state index contributed by atoms with van der Waals surface area (Å²) in [6.45, 7) is 8.06. The van der Waals surface area contributed by atoms with E-state index in [1.807, 2.05) is 0 Å². The van der Waals surface area contributed by atoms with Crippen molar-refractivity contribution in [3.05, 3.63) is 0 Å². The molecule has 0 spiro atoms. The van der Waals surface area contributed by atoms with E-state index in [2.05, 4.69) is 13.8 Å². The molecular formula is C24H37ClO4. The zero-order chi connectivity index (χ0) is 21.1. The number of carbonyl (C=O) groups excluding carboxylic acids is 2. The summed E-state index contributed by atoms with van der Waals surface area (Å²) in [6, 6.07) is 0. The van der Waals surface area contributed by atoms with Crippen molar-refractivity contribution in [3.8, 4) is 0 Å². The molecule has 0 aliphatic heterocycles. The molecule has 29 heavy (non-hydrogen) atoms. The minimum absolute atomic E-state index is 0.0711. The fourth-order valence-corrected chi connectivity index (χ4v) is 8.40. The number of ketones is 1. The molecule has 5 heteroatoms. The summed E-state index contributed by atoms with van der Waals surface area (Å²) >= 11 is 6.08. The quantitative estimate of drug-likeness (QED) is 0.524. The fraction of sp³-hybridized carbons (Fsp3) is 0.917. The highest BCUT2D eigenvalue weighted by Gasteiger charge is 2.64. The lowest BCUT2D eigenvalue weighted by atomic mass is 9.43. The van der Waals surface area contributed by atoms with Gasteiger partial charge in [0.2, 0.25) is 0 Å². The van der Waals surface area contributed by atoms with E-state index in [0.717, 1.165) is 51.4 Å². The van der Waals surface area contributed by atoms with E-state index in [-0.39, 0.29) is 40.7 Å². The van der Waals surface area contributed by atoms with Crippen molar-refractivity contribution in [2.75, 3.05) is 0 Å². The number of esters is 1. The third kappa shape index (κ3) is 3.37. The average molecular weight is 425 g/mol. The Kier molecular flexibility index (Phi) is 5.60. The van der Waals surface area contributed by atoms with Crippen molar-refractivity contribution in [2.45, 2.75) is 96.6 Å². The van der Waals surface area contributed by atoms with E-state index in [9.17, 15) is 14.7 Å². The van der Waals surface area contributed by atoms with Crippen LogP contribution in [0.4, 0.5) is 0 Å². The summed E-state index contributed by atoms with van der Waals surface area (Å²) in [6.07, 6.45) is 7.40. The maximum atomic E-state index is 12.6. The Morgan fingerprint density at radius 1 is 1.10 bits per heavy atom. The molecular weight excluding hydrogens is 388 g/mol. The number of halogens is 1. The molecule has 4 nitrogen and oxygen atoms in total. The van der Waals surface area contributed by atoms with Crippen LogP contribution in [0.15, 0.2) is 0 Å². The fourth-order valence-electron chi connectivity index (χ4n) is 8.34. The monoisotopic (exact) mass is 424 g/mol. The van der Waals surface area contributed by atoms with E-state index >= 15 is 0 Å². The topological polar surface area (TPSA) is 63.6 Å². The van der Waals surface area contributed by atoms with Crippen LogP contribution in [0.2, 0.25) is 0 Å². The second-order valence-corrected chi connectivity index (χ2v) is 11.7. The van der Waals surface area contributed by atoms with E-state index in [1.54, 1.807) is 13.8 Å². The molecule has 4 aliphatic rings. The molecule has 1 N–H and O–H groups in total. The lowest BCUT2D eigenvalue weighted by Gasteiger charge is -2.62. The van der Waals surface area contributed by atoms with Gasteiger partial charge in [-0.3, -0.25) is 9.59 Å². The van der Waals surface area contributed by atoms with Crippen LogP contribution < -0.4 is 0 Å². The molecule has 4 aliphatic carbocycles. The number of rotatable bonds is 3. The van der Waals surface area contributed by atoms with Crippen LogP contribution in [-0.2, 0) is 14.3 Å². The highest BCUT2D eigenvalue weighted by Crippen LogP contribution is 2.68. The first-order valence-electron chi connectivity index (χ1n) is 11.6. The lowest BCUT2D eigenvalue weighted by molar-refractivity contribution is -0.198.